The Kier molecular flexibility index (Phi) is 5.56. The van der Waals surface area contributed by atoms with Gasteiger partial charge in [0.15, 0.2) is 0 Å². The van der Waals surface area contributed by atoms with Crippen LogP contribution < -0.4 is 10.2 Å². The number of likely N-dealkylation sites (N-methyl/N-ethyl adjacent to an activating group) is 1. The summed E-state index contributed by atoms with van der Waals surface area (Å²) in [7, 11) is 4.14. The van der Waals surface area contributed by atoms with Crippen molar-refractivity contribution in [1.82, 2.24) is 15.2 Å². The molecule has 0 aliphatic carbocycles. The number of nitrogens with zero attached hydrogens (tertiary/aromatic N) is 3. The van der Waals surface area contributed by atoms with Crippen LogP contribution in [0.15, 0.2) is 12.3 Å². The number of aliphatic hydroxyl groups excluding tert-OH is 1. The minimum atomic E-state index is -0.252. The SMILES string of the molecule is CCNCc1cnc(N2CC(O)CC2CN(C)C)c(C)c1. The molecule has 0 radical (unpaired) electrons. The van der Waals surface area contributed by atoms with Gasteiger partial charge in [0.2, 0.25) is 0 Å². The number of rotatable bonds is 6. The molecule has 0 aromatic carbocycles. The number of aryl methyl sites for hydroxylation is 1. The zero-order chi connectivity index (χ0) is 15.4. The summed E-state index contributed by atoms with van der Waals surface area (Å²) in [5, 5.41) is 13.3. The maximum absolute atomic E-state index is 10.0. The highest BCUT2D eigenvalue weighted by atomic mass is 16.3. The summed E-state index contributed by atoms with van der Waals surface area (Å²) < 4.78 is 0. The van der Waals surface area contributed by atoms with E-state index in [0.29, 0.717) is 12.6 Å². The number of aromatic nitrogens is 1. The van der Waals surface area contributed by atoms with Crippen LogP contribution in [0.25, 0.3) is 0 Å². The highest BCUT2D eigenvalue weighted by Crippen LogP contribution is 2.27. The molecule has 2 N–H and O–H groups in total. The topological polar surface area (TPSA) is 51.6 Å². The van der Waals surface area contributed by atoms with Gasteiger partial charge in [0.25, 0.3) is 0 Å². The zero-order valence-electron chi connectivity index (χ0n) is 13.6. The van der Waals surface area contributed by atoms with Gasteiger partial charge in [0, 0.05) is 31.9 Å². The van der Waals surface area contributed by atoms with E-state index < -0.39 is 0 Å². The molecule has 0 spiro atoms. The average Bonchev–Trinajstić information content (AvgIpc) is 2.76. The van der Waals surface area contributed by atoms with Gasteiger partial charge >= 0.3 is 0 Å². The van der Waals surface area contributed by atoms with Gasteiger partial charge in [0.05, 0.1) is 6.10 Å². The van der Waals surface area contributed by atoms with Crippen molar-refractivity contribution >= 4 is 5.82 Å². The third-order valence-corrected chi connectivity index (χ3v) is 3.93. The molecule has 0 bridgehead atoms. The highest BCUT2D eigenvalue weighted by Gasteiger charge is 2.32. The molecular weight excluding hydrogens is 264 g/mol. The lowest BCUT2D eigenvalue weighted by molar-refractivity contribution is 0.191. The van der Waals surface area contributed by atoms with E-state index in [4.69, 9.17) is 0 Å². The van der Waals surface area contributed by atoms with Gasteiger partial charge in [-0.1, -0.05) is 6.92 Å². The van der Waals surface area contributed by atoms with Gasteiger partial charge in [0.1, 0.15) is 5.82 Å². The lowest BCUT2D eigenvalue weighted by Gasteiger charge is -2.29. The number of anilines is 1. The maximum Gasteiger partial charge on any atom is 0.131 e. The Bertz CT molecular complexity index is 464. The standard InChI is InChI=1S/C16H28N4O/c1-5-17-8-13-6-12(2)16(18-9-13)20-11-15(21)7-14(20)10-19(3)4/h6,9,14-15,17,21H,5,7-8,10-11H2,1-4H3. The van der Waals surface area contributed by atoms with E-state index in [2.05, 4.69) is 54.1 Å². The summed E-state index contributed by atoms with van der Waals surface area (Å²) in [5.41, 5.74) is 2.39. The van der Waals surface area contributed by atoms with Crippen molar-refractivity contribution in [2.24, 2.45) is 0 Å². The first kappa shape index (κ1) is 16.2. The number of β-amino-alcohol motifs (C(OH)–C–C–N with tert-alkyl or cyclic N) is 1. The lowest BCUT2D eigenvalue weighted by atomic mass is 10.1. The van der Waals surface area contributed by atoms with Crippen molar-refractivity contribution < 1.29 is 5.11 Å². The molecule has 2 unspecified atom stereocenters. The average molecular weight is 292 g/mol. The Morgan fingerprint density at radius 3 is 2.86 bits per heavy atom. The molecule has 2 atom stereocenters. The van der Waals surface area contributed by atoms with Crippen molar-refractivity contribution in [2.75, 3.05) is 38.6 Å². The first-order chi connectivity index (χ1) is 10.0. The minimum absolute atomic E-state index is 0.252. The first-order valence-corrected chi connectivity index (χ1v) is 7.77. The quantitative estimate of drug-likeness (QED) is 0.819. The van der Waals surface area contributed by atoms with Gasteiger partial charge < -0.3 is 20.2 Å². The van der Waals surface area contributed by atoms with Gasteiger partial charge in [-0.05, 0) is 51.2 Å². The second kappa shape index (κ2) is 7.20. The molecule has 2 rings (SSSR count). The van der Waals surface area contributed by atoms with Crippen LogP contribution in [-0.4, -0.2) is 60.9 Å². The van der Waals surface area contributed by atoms with Crippen LogP contribution >= 0.6 is 0 Å². The number of hydrogen-bond acceptors (Lipinski definition) is 5. The zero-order valence-corrected chi connectivity index (χ0v) is 13.6. The molecule has 0 saturated carbocycles. The van der Waals surface area contributed by atoms with Crippen molar-refractivity contribution in [3.05, 3.63) is 23.4 Å². The molecular formula is C16H28N4O. The fourth-order valence-corrected chi connectivity index (χ4v) is 3.04. The third-order valence-electron chi connectivity index (χ3n) is 3.93. The monoisotopic (exact) mass is 292 g/mol. The molecule has 1 saturated heterocycles. The van der Waals surface area contributed by atoms with E-state index >= 15 is 0 Å². The molecule has 5 nitrogen and oxygen atoms in total. The Hall–Kier alpha value is -1.17. The van der Waals surface area contributed by atoms with Gasteiger partial charge in [-0.2, -0.15) is 0 Å². The second-order valence-corrected chi connectivity index (χ2v) is 6.22. The van der Waals surface area contributed by atoms with E-state index in [-0.39, 0.29) is 6.10 Å². The largest absolute Gasteiger partial charge is 0.391 e. The van der Waals surface area contributed by atoms with E-state index in [0.717, 1.165) is 31.9 Å². The van der Waals surface area contributed by atoms with Crippen LogP contribution in [-0.2, 0) is 6.54 Å². The molecule has 1 aromatic heterocycles. The molecule has 5 heteroatoms. The molecule has 2 heterocycles. The molecule has 0 amide bonds. The van der Waals surface area contributed by atoms with Crippen LogP contribution in [0.1, 0.15) is 24.5 Å². The molecule has 21 heavy (non-hydrogen) atoms. The summed E-state index contributed by atoms with van der Waals surface area (Å²) in [4.78, 5) is 9.09. The van der Waals surface area contributed by atoms with Crippen LogP contribution in [0.2, 0.25) is 0 Å². The van der Waals surface area contributed by atoms with Gasteiger partial charge in [-0.25, -0.2) is 4.98 Å². The molecule has 1 aromatic rings. The lowest BCUT2D eigenvalue weighted by Crippen LogP contribution is -2.38. The van der Waals surface area contributed by atoms with Crippen LogP contribution in [0.5, 0.6) is 0 Å². The summed E-state index contributed by atoms with van der Waals surface area (Å²) >= 11 is 0. The highest BCUT2D eigenvalue weighted by molar-refractivity contribution is 5.49. The number of aliphatic hydroxyl groups is 1. The first-order valence-electron chi connectivity index (χ1n) is 7.77. The predicted molar refractivity (Wildman–Crippen MR) is 86.7 cm³/mol. The summed E-state index contributed by atoms with van der Waals surface area (Å²) in [6.07, 6.45) is 2.51. The van der Waals surface area contributed by atoms with Crippen molar-refractivity contribution in [2.45, 2.75) is 39.0 Å². The van der Waals surface area contributed by atoms with E-state index in [1.54, 1.807) is 0 Å². The molecule has 1 aliphatic rings. The summed E-state index contributed by atoms with van der Waals surface area (Å²) in [6.45, 7) is 7.65. The minimum Gasteiger partial charge on any atom is -0.391 e. The number of pyridine rings is 1. The Morgan fingerprint density at radius 2 is 2.24 bits per heavy atom. The van der Waals surface area contributed by atoms with E-state index in [1.807, 2.05) is 6.20 Å². The number of nitrogens with one attached hydrogen (secondary N) is 1. The second-order valence-electron chi connectivity index (χ2n) is 6.22. The predicted octanol–water partition coefficient (Wildman–Crippen LogP) is 1.00. The fourth-order valence-electron chi connectivity index (χ4n) is 3.04. The Labute approximate surface area is 128 Å². The molecule has 1 aliphatic heterocycles. The molecule has 1 fully saturated rings. The van der Waals surface area contributed by atoms with Gasteiger partial charge in [-0.3, -0.25) is 0 Å². The Balaban J connectivity index is 2.15. The Morgan fingerprint density at radius 1 is 1.48 bits per heavy atom. The smallest absolute Gasteiger partial charge is 0.131 e. The fraction of sp³-hybridized carbons (Fsp3) is 0.688. The van der Waals surface area contributed by atoms with Crippen molar-refractivity contribution in [1.29, 1.82) is 0 Å². The van der Waals surface area contributed by atoms with E-state index in [1.165, 1.54) is 11.1 Å². The van der Waals surface area contributed by atoms with E-state index in [9.17, 15) is 5.11 Å². The third kappa shape index (κ3) is 4.15. The van der Waals surface area contributed by atoms with Crippen LogP contribution in [0.3, 0.4) is 0 Å². The molecule has 118 valence electrons. The van der Waals surface area contributed by atoms with Crippen molar-refractivity contribution in [3.8, 4) is 0 Å². The maximum atomic E-state index is 10.0. The van der Waals surface area contributed by atoms with Crippen molar-refractivity contribution in [3.63, 3.8) is 0 Å². The van der Waals surface area contributed by atoms with Crippen LogP contribution in [0, 0.1) is 6.92 Å². The van der Waals surface area contributed by atoms with Gasteiger partial charge in [-0.15, -0.1) is 0 Å². The van der Waals surface area contributed by atoms with Crippen LogP contribution in [0.4, 0.5) is 5.82 Å². The normalized spacial score (nSPS) is 22.3. The number of hydrogen-bond donors (Lipinski definition) is 2. The summed E-state index contributed by atoms with van der Waals surface area (Å²) in [5.74, 6) is 1.01. The summed E-state index contributed by atoms with van der Waals surface area (Å²) in [6, 6.07) is 2.53.